The quantitative estimate of drug-likeness (QED) is 0.719. The van der Waals surface area contributed by atoms with Crippen molar-refractivity contribution in [2.75, 3.05) is 13.2 Å². The van der Waals surface area contributed by atoms with Crippen LogP contribution in [0.25, 0.3) is 0 Å². The molecule has 0 radical (unpaired) electrons. The van der Waals surface area contributed by atoms with Crippen molar-refractivity contribution < 1.29 is 5.11 Å². The lowest BCUT2D eigenvalue weighted by Crippen LogP contribution is -2.57. The Morgan fingerprint density at radius 3 is 2.50 bits per heavy atom. The van der Waals surface area contributed by atoms with Gasteiger partial charge in [-0.15, -0.1) is 0 Å². The molecule has 3 unspecified atom stereocenters. The number of rotatable bonds is 4. The second kappa shape index (κ2) is 5.48. The molecule has 0 aromatic rings. The van der Waals surface area contributed by atoms with Gasteiger partial charge < -0.3 is 16.2 Å². The van der Waals surface area contributed by atoms with Gasteiger partial charge in [-0.05, 0) is 43.4 Å². The van der Waals surface area contributed by atoms with Crippen LogP contribution in [0.3, 0.4) is 0 Å². The van der Waals surface area contributed by atoms with Gasteiger partial charge in [-0.1, -0.05) is 26.7 Å². The van der Waals surface area contributed by atoms with E-state index in [4.69, 9.17) is 5.73 Å². The highest BCUT2D eigenvalue weighted by Gasteiger charge is 2.44. The van der Waals surface area contributed by atoms with E-state index >= 15 is 0 Å². The fraction of sp³-hybridized carbons (Fsp3) is 1.00. The van der Waals surface area contributed by atoms with Crippen LogP contribution < -0.4 is 11.1 Å². The minimum atomic E-state index is 0.124. The first-order chi connectivity index (χ1) is 8.50. The van der Waals surface area contributed by atoms with E-state index in [1.54, 1.807) is 0 Å². The summed E-state index contributed by atoms with van der Waals surface area (Å²) in [6, 6.07) is 0.473. The second-order valence-electron chi connectivity index (χ2n) is 7.30. The largest absolute Gasteiger partial charge is 0.396 e. The van der Waals surface area contributed by atoms with E-state index in [-0.39, 0.29) is 5.54 Å². The summed E-state index contributed by atoms with van der Waals surface area (Å²) in [6.45, 7) is 5.74. The number of aliphatic hydroxyl groups excluding tert-OH is 1. The van der Waals surface area contributed by atoms with Crippen LogP contribution in [-0.4, -0.2) is 29.8 Å². The van der Waals surface area contributed by atoms with Crippen molar-refractivity contribution in [1.29, 1.82) is 0 Å². The summed E-state index contributed by atoms with van der Waals surface area (Å²) in [4.78, 5) is 0. The van der Waals surface area contributed by atoms with Crippen molar-refractivity contribution in [3.05, 3.63) is 0 Å². The minimum absolute atomic E-state index is 0.124. The van der Waals surface area contributed by atoms with E-state index < -0.39 is 0 Å². The van der Waals surface area contributed by atoms with Crippen molar-refractivity contribution in [2.45, 2.75) is 70.4 Å². The number of nitrogens with two attached hydrogens (primary N) is 1. The lowest BCUT2D eigenvalue weighted by Gasteiger charge is -2.40. The first kappa shape index (κ1) is 14.3. The normalized spacial score (nSPS) is 40.0. The second-order valence-corrected chi connectivity index (χ2v) is 7.30. The fourth-order valence-electron chi connectivity index (χ4n) is 4.04. The van der Waals surface area contributed by atoms with Crippen LogP contribution in [0, 0.1) is 11.3 Å². The van der Waals surface area contributed by atoms with E-state index in [0.29, 0.717) is 24.0 Å². The molecule has 0 heterocycles. The molecule has 3 nitrogen and oxygen atoms in total. The highest BCUT2D eigenvalue weighted by atomic mass is 16.3. The molecule has 0 spiro atoms. The lowest BCUT2D eigenvalue weighted by atomic mass is 9.81. The Morgan fingerprint density at radius 1 is 1.22 bits per heavy atom. The molecule has 2 aliphatic carbocycles. The summed E-state index contributed by atoms with van der Waals surface area (Å²) < 4.78 is 0. The van der Waals surface area contributed by atoms with Crippen LogP contribution in [0.4, 0.5) is 0 Å². The van der Waals surface area contributed by atoms with Crippen LogP contribution in [-0.2, 0) is 0 Å². The summed E-state index contributed by atoms with van der Waals surface area (Å²) in [7, 11) is 0. The zero-order chi connectivity index (χ0) is 13.2. The Kier molecular flexibility index (Phi) is 4.35. The molecular formula is C15H30N2O. The van der Waals surface area contributed by atoms with Gasteiger partial charge in [0, 0.05) is 24.7 Å². The molecule has 0 amide bonds. The van der Waals surface area contributed by atoms with E-state index in [0.717, 1.165) is 13.0 Å². The van der Waals surface area contributed by atoms with Gasteiger partial charge in [-0.2, -0.15) is 0 Å². The van der Waals surface area contributed by atoms with Crippen LogP contribution in [0.5, 0.6) is 0 Å². The molecule has 0 aromatic heterocycles. The molecule has 2 saturated carbocycles. The Labute approximate surface area is 112 Å². The maximum atomic E-state index is 9.52. The van der Waals surface area contributed by atoms with Gasteiger partial charge in [0.25, 0.3) is 0 Å². The number of nitrogens with one attached hydrogen (secondary N) is 1. The monoisotopic (exact) mass is 254 g/mol. The third-order valence-electron chi connectivity index (χ3n) is 5.12. The number of hydrogen-bond donors (Lipinski definition) is 3. The molecule has 2 aliphatic rings. The third kappa shape index (κ3) is 3.06. The van der Waals surface area contributed by atoms with Gasteiger partial charge in [0.1, 0.15) is 0 Å². The summed E-state index contributed by atoms with van der Waals surface area (Å²) in [5.74, 6) is 0.436. The Morgan fingerprint density at radius 2 is 1.94 bits per heavy atom. The Hall–Kier alpha value is -0.120. The third-order valence-corrected chi connectivity index (χ3v) is 5.12. The van der Waals surface area contributed by atoms with E-state index in [2.05, 4.69) is 19.2 Å². The zero-order valence-electron chi connectivity index (χ0n) is 12.0. The lowest BCUT2D eigenvalue weighted by molar-refractivity contribution is 0.125. The van der Waals surface area contributed by atoms with Gasteiger partial charge in [-0.25, -0.2) is 0 Å². The molecule has 2 fully saturated rings. The average Bonchev–Trinajstić information content (AvgIpc) is 2.66. The average molecular weight is 254 g/mol. The summed E-state index contributed by atoms with van der Waals surface area (Å²) in [6.07, 6.45) is 8.54. The van der Waals surface area contributed by atoms with Crippen molar-refractivity contribution in [1.82, 2.24) is 5.32 Å². The highest BCUT2D eigenvalue weighted by Crippen LogP contribution is 2.44. The Balaban J connectivity index is 2.01. The van der Waals surface area contributed by atoms with Crippen molar-refractivity contribution in [3.63, 3.8) is 0 Å². The van der Waals surface area contributed by atoms with Gasteiger partial charge >= 0.3 is 0 Å². The molecule has 3 atom stereocenters. The predicted octanol–water partition coefficient (Wildman–Crippen LogP) is 2.03. The molecular weight excluding hydrogens is 224 g/mol. The molecule has 0 aliphatic heterocycles. The van der Waals surface area contributed by atoms with E-state index in [1.165, 1.54) is 38.5 Å². The van der Waals surface area contributed by atoms with Crippen LogP contribution in [0.2, 0.25) is 0 Å². The van der Waals surface area contributed by atoms with Crippen LogP contribution in [0.1, 0.15) is 58.8 Å². The number of hydrogen-bond acceptors (Lipinski definition) is 3. The van der Waals surface area contributed by atoms with Crippen LogP contribution >= 0.6 is 0 Å². The first-order valence-corrected chi connectivity index (χ1v) is 7.59. The van der Waals surface area contributed by atoms with Gasteiger partial charge in [0.2, 0.25) is 0 Å². The first-order valence-electron chi connectivity index (χ1n) is 7.59. The molecule has 2 rings (SSSR count). The molecule has 0 bridgehead atoms. The van der Waals surface area contributed by atoms with Gasteiger partial charge in [0.15, 0.2) is 0 Å². The van der Waals surface area contributed by atoms with Crippen molar-refractivity contribution in [3.8, 4) is 0 Å². The maximum absolute atomic E-state index is 9.52. The predicted molar refractivity (Wildman–Crippen MR) is 75.4 cm³/mol. The minimum Gasteiger partial charge on any atom is -0.396 e. The topological polar surface area (TPSA) is 58.3 Å². The van der Waals surface area contributed by atoms with E-state index in [1.807, 2.05) is 0 Å². The maximum Gasteiger partial charge on any atom is 0.0474 e. The Bertz CT molecular complexity index is 280. The smallest absolute Gasteiger partial charge is 0.0474 e. The van der Waals surface area contributed by atoms with Crippen molar-refractivity contribution in [2.24, 2.45) is 17.1 Å². The molecule has 0 saturated heterocycles. The standard InChI is InChI=1S/C15H30N2O/c1-14(2)7-8-15(10-14,11-16)17-13-6-4-3-5-12(13)9-18/h12-13,17-18H,3-11,16H2,1-2H3. The summed E-state index contributed by atoms with van der Waals surface area (Å²) >= 11 is 0. The van der Waals surface area contributed by atoms with Gasteiger partial charge in [-0.3, -0.25) is 0 Å². The SMILES string of the molecule is CC1(C)CCC(CN)(NC2CCCCC2CO)C1. The fourth-order valence-corrected chi connectivity index (χ4v) is 4.04. The summed E-state index contributed by atoms with van der Waals surface area (Å²) in [5.41, 5.74) is 6.61. The molecule has 0 aromatic carbocycles. The number of aliphatic hydroxyl groups is 1. The zero-order valence-corrected chi connectivity index (χ0v) is 12.0. The molecule has 106 valence electrons. The molecule has 18 heavy (non-hydrogen) atoms. The van der Waals surface area contributed by atoms with Crippen LogP contribution in [0.15, 0.2) is 0 Å². The van der Waals surface area contributed by atoms with Gasteiger partial charge in [0.05, 0.1) is 0 Å². The molecule has 3 heteroatoms. The summed E-state index contributed by atoms with van der Waals surface area (Å²) in [5, 5.41) is 13.4. The highest BCUT2D eigenvalue weighted by molar-refractivity contribution is 5.03. The molecule has 4 N–H and O–H groups in total. The van der Waals surface area contributed by atoms with Crippen molar-refractivity contribution >= 4 is 0 Å². The van der Waals surface area contributed by atoms with E-state index in [9.17, 15) is 5.11 Å².